The average molecular weight is 299 g/mol. The van der Waals surface area contributed by atoms with Crippen molar-refractivity contribution in [3.05, 3.63) is 17.3 Å². The molecule has 4 nitrogen and oxygen atoms in total. The molecule has 0 aliphatic carbocycles. The fraction of sp³-hybridized carbons (Fsp3) is 0.643. The van der Waals surface area contributed by atoms with E-state index in [4.69, 9.17) is 9.31 Å². The smallest absolute Gasteiger partial charge is 0.417 e. The number of ether oxygens (including phenoxy) is 1. The summed E-state index contributed by atoms with van der Waals surface area (Å²) < 4.78 is 40.9. The van der Waals surface area contributed by atoms with E-state index in [0.717, 1.165) is 11.0 Å². The third-order valence-corrected chi connectivity index (χ3v) is 4.13. The predicted molar refractivity (Wildman–Crippen MR) is 76.1 cm³/mol. The Morgan fingerprint density at radius 3 is 2.10 bits per heavy atom. The SMILES string of the molecule is Cc1cc(OC(F)F)nc(C)c1B1OC(C)(C)C(C)(C)O1. The first-order valence-electron chi connectivity index (χ1n) is 6.82. The molecule has 2 heterocycles. The van der Waals surface area contributed by atoms with Gasteiger partial charge in [-0.05, 0) is 47.1 Å². The molecule has 21 heavy (non-hydrogen) atoms. The first-order chi connectivity index (χ1) is 9.53. The third-order valence-electron chi connectivity index (χ3n) is 4.13. The molecule has 1 saturated heterocycles. The summed E-state index contributed by atoms with van der Waals surface area (Å²) in [7, 11) is -0.567. The Kier molecular flexibility index (Phi) is 4.01. The number of hydrogen-bond acceptors (Lipinski definition) is 4. The zero-order valence-electron chi connectivity index (χ0n) is 13.2. The number of aryl methyl sites for hydroxylation is 2. The van der Waals surface area contributed by atoms with Gasteiger partial charge in [-0.2, -0.15) is 8.78 Å². The Bertz CT molecular complexity index is 510. The Balaban J connectivity index is 2.34. The van der Waals surface area contributed by atoms with Gasteiger partial charge in [0.25, 0.3) is 0 Å². The monoisotopic (exact) mass is 299 g/mol. The fourth-order valence-corrected chi connectivity index (χ4v) is 2.28. The van der Waals surface area contributed by atoms with Crippen LogP contribution in [-0.4, -0.2) is 29.9 Å². The number of rotatable bonds is 3. The molecule has 1 aromatic rings. The molecule has 2 rings (SSSR count). The van der Waals surface area contributed by atoms with Crippen molar-refractivity contribution < 1.29 is 22.8 Å². The fourth-order valence-electron chi connectivity index (χ4n) is 2.28. The van der Waals surface area contributed by atoms with Crippen LogP contribution in [-0.2, 0) is 9.31 Å². The molecule has 0 spiro atoms. The minimum Gasteiger partial charge on any atom is -0.417 e. The van der Waals surface area contributed by atoms with E-state index in [9.17, 15) is 8.78 Å². The van der Waals surface area contributed by atoms with Gasteiger partial charge in [-0.1, -0.05) is 0 Å². The van der Waals surface area contributed by atoms with Crippen molar-refractivity contribution in [1.82, 2.24) is 4.98 Å². The van der Waals surface area contributed by atoms with Crippen LogP contribution in [0.5, 0.6) is 5.88 Å². The maximum absolute atomic E-state index is 12.3. The molecule has 116 valence electrons. The summed E-state index contributed by atoms with van der Waals surface area (Å²) in [4.78, 5) is 4.05. The van der Waals surface area contributed by atoms with Crippen LogP contribution in [0.1, 0.15) is 39.0 Å². The highest BCUT2D eigenvalue weighted by Gasteiger charge is 2.52. The summed E-state index contributed by atoms with van der Waals surface area (Å²) in [6.45, 7) is 8.47. The van der Waals surface area contributed by atoms with Crippen LogP contribution in [0.4, 0.5) is 8.78 Å². The Morgan fingerprint density at radius 1 is 1.14 bits per heavy atom. The summed E-state index contributed by atoms with van der Waals surface area (Å²) in [5, 5.41) is 0. The first-order valence-corrected chi connectivity index (χ1v) is 6.82. The summed E-state index contributed by atoms with van der Waals surface area (Å²) in [5.74, 6) is -0.0970. The maximum atomic E-state index is 12.3. The molecule has 1 aliphatic heterocycles. The van der Waals surface area contributed by atoms with Gasteiger partial charge in [0.2, 0.25) is 5.88 Å². The van der Waals surface area contributed by atoms with E-state index in [0.29, 0.717) is 5.69 Å². The van der Waals surface area contributed by atoms with Gasteiger partial charge in [0.1, 0.15) is 0 Å². The van der Waals surface area contributed by atoms with Gasteiger partial charge in [-0.15, -0.1) is 0 Å². The van der Waals surface area contributed by atoms with Crippen LogP contribution in [0.3, 0.4) is 0 Å². The zero-order valence-corrected chi connectivity index (χ0v) is 13.2. The lowest BCUT2D eigenvalue weighted by atomic mass is 9.75. The summed E-state index contributed by atoms with van der Waals surface area (Å²) in [6.07, 6.45) is 0. The molecular formula is C14H20BF2NO3. The van der Waals surface area contributed by atoms with E-state index >= 15 is 0 Å². The van der Waals surface area contributed by atoms with Crippen LogP contribution < -0.4 is 10.2 Å². The molecule has 0 N–H and O–H groups in total. The van der Waals surface area contributed by atoms with Gasteiger partial charge >= 0.3 is 13.7 Å². The van der Waals surface area contributed by atoms with Crippen molar-refractivity contribution in [2.75, 3.05) is 0 Å². The quantitative estimate of drug-likeness (QED) is 0.804. The third kappa shape index (κ3) is 3.03. The maximum Gasteiger partial charge on any atom is 0.496 e. The predicted octanol–water partition coefficient (Wildman–Crippen LogP) is 2.60. The van der Waals surface area contributed by atoms with Crippen LogP contribution in [0, 0.1) is 13.8 Å². The van der Waals surface area contributed by atoms with Gasteiger partial charge < -0.3 is 14.0 Å². The number of pyridine rings is 1. The van der Waals surface area contributed by atoms with Crippen LogP contribution in [0.25, 0.3) is 0 Å². The highest BCUT2D eigenvalue weighted by molar-refractivity contribution is 6.63. The van der Waals surface area contributed by atoms with Crippen molar-refractivity contribution in [2.24, 2.45) is 0 Å². The number of alkyl halides is 2. The minimum absolute atomic E-state index is 0.0970. The van der Waals surface area contributed by atoms with Gasteiger partial charge in [0, 0.05) is 17.2 Å². The lowest BCUT2D eigenvalue weighted by Gasteiger charge is -2.32. The highest BCUT2D eigenvalue weighted by atomic mass is 19.3. The summed E-state index contributed by atoms with van der Waals surface area (Å²) in [5.41, 5.74) is 1.14. The van der Waals surface area contributed by atoms with Crippen molar-refractivity contribution in [3.63, 3.8) is 0 Å². The average Bonchev–Trinajstić information content (AvgIpc) is 2.44. The number of aromatic nitrogens is 1. The standard InChI is InChI=1S/C14H20BF2NO3/c1-8-7-10(19-12(16)17)18-9(2)11(8)15-20-13(3,4)14(5,6)21-15/h7,12H,1-6H3. The van der Waals surface area contributed by atoms with Crippen molar-refractivity contribution in [3.8, 4) is 5.88 Å². The molecule has 0 saturated carbocycles. The summed E-state index contributed by atoms with van der Waals surface area (Å²) in [6, 6.07) is 1.47. The van der Waals surface area contributed by atoms with Gasteiger partial charge in [-0.3, -0.25) is 0 Å². The minimum atomic E-state index is -2.89. The van der Waals surface area contributed by atoms with E-state index in [1.165, 1.54) is 6.07 Å². The molecule has 1 aliphatic rings. The van der Waals surface area contributed by atoms with Crippen molar-refractivity contribution in [1.29, 1.82) is 0 Å². The van der Waals surface area contributed by atoms with E-state index in [2.05, 4.69) is 9.72 Å². The highest BCUT2D eigenvalue weighted by Crippen LogP contribution is 2.37. The second-order valence-electron chi connectivity index (χ2n) is 6.24. The lowest BCUT2D eigenvalue weighted by Crippen LogP contribution is -2.41. The molecule has 0 bridgehead atoms. The van der Waals surface area contributed by atoms with E-state index < -0.39 is 24.9 Å². The van der Waals surface area contributed by atoms with Crippen molar-refractivity contribution >= 4 is 12.6 Å². The van der Waals surface area contributed by atoms with Gasteiger partial charge in [0.05, 0.1) is 11.2 Å². The van der Waals surface area contributed by atoms with Crippen molar-refractivity contribution in [2.45, 2.75) is 59.4 Å². The molecule has 0 unspecified atom stereocenters. The second-order valence-corrected chi connectivity index (χ2v) is 6.24. The number of halogens is 2. The molecule has 1 aromatic heterocycles. The number of nitrogens with zero attached hydrogens (tertiary/aromatic N) is 1. The Labute approximate surface area is 123 Å². The van der Waals surface area contributed by atoms with Crippen LogP contribution >= 0.6 is 0 Å². The zero-order chi connectivity index (χ0) is 16.0. The Hall–Kier alpha value is -1.21. The molecule has 7 heteroatoms. The van der Waals surface area contributed by atoms with E-state index in [1.54, 1.807) is 13.8 Å². The molecule has 0 atom stereocenters. The normalized spacial score (nSPS) is 20.1. The number of hydrogen-bond donors (Lipinski definition) is 0. The van der Waals surface area contributed by atoms with E-state index in [1.807, 2.05) is 27.7 Å². The molecule has 0 radical (unpaired) electrons. The first kappa shape index (κ1) is 16.2. The van der Waals surface area contributed by atoms with E-state index in [-0.39, 0.29) is 5.88 Å². The molecule has 0 aromatic carbocycles. The van der Waals surface area contributed by atoms with Gasteiger partial charge in [0.15, 0.2) is 0 Å². The van der Waals surface area contributed by atoms with Crippen LogP contribution in [0.2, 0.25) is 0 Å². The molecule has 1 fully saturated rings. The summed E-state index contributed by atoms with van der Waals surface area (Å²) >= 11 is 0. The Morgan fingerprint density at radius 2 is 1.67 bits per heavy atom. The molecular weight excluding hydrogens is 279 g/mol. The largest absolute Gasteiger partial charge is 0.496 e. The topological polar surface area (TPSA) is 40.6 Å². The lowest BCUT2D eigenvalue weighted by molar-refractivity contribution is -0.0529. The molecule has 0 amide bonds. The van der Waals surface area contributed by atoms with Crippen LogP contribution in [0.15, 0.2) is 6.07 Å². The van der Waals surface area contributed by atoms with Gasteiger partial charge in [-0.25, -0.2) is 4.98 Å². The second kappa shape index (κ2) is 5.21.